The van der Waals surface area contributed by atoms with E-state index in [1.807, 2.05) is 0 Å². The van der Waals surface area contributed by atoms with E-state index in [2.05, 4.69) is 26.0 Å². The minimum atomic E-state index is 0. The number of benzene rings is 1. The van der Waals surface area contributed by atoms with Crippen molar-refractivity contribution in [2.24, 2.45) is 5.73 Å². The van der Waals surface area contributed by atoms with E-state index < -0.39 is 0 Å². The molecule has 0 heterocycles. The molecule has 2 rings (SSSR count). The van der Waals surface area contributed by atoms with Crippen LogP contribution in [0.4, 0.5) is 0 Å². The molecule has 0 amide bonds. The Hall–Kier alpha value is -0.530. The number of rotatable bonds is 0. The fourth-order valence-electron chi connectivity index (χ4n) is 2.13. The third-order valence-corrected chi connectivity index (χ3v) is 3.12. The average Bonchev–Trinajstić information content (AvgIpc) is 2.09. The average molecular weight is 212 g/mol. The van der Waals surface area contributed by atoms with Crippen LogP contribution in [0.15, 0.2) is 12.1 Å². The van der Waals surface area contributed by atoms with Gasteiger partial charge in [0.05, 0.1) is 0 Å². The van der Waals surface area contributed by atoms with Gasteiger partial charge in [-0.2, -0.15) is 0 Å². The second kappa shape index (κ2) is 4.33. The maximum absolute atomic E-state index is 6.07. The third-order valence-electron chi connectivity index (χ3n) is 3.12. The second-order valence-electron chi connectivity index (χ2n) is 4.13. The maximum atomic E-state index is 6.07. The molecule has 0 radical (unpaired) electrons. The van der Waals surface area contributed by atoms with Crippen LogP contribution in [0.5, 0.6) is 0 Å². The van der Waals surface area contributed by atoms with E-state index in [0.717, 1.165) is 6.42 Å². The van der Waals surface area contributed by atoms with Gasteiger partial charge >= 0.3 is 0 Å². The normalized spacial score (nSPS) is 19.8. The minimum Gasteiger partial charge on any atom is -0.324 e. The van der Waals surface area contributed by atoms with E-state index >= 15 is 0 Å². The molecule has 1 nitrogen and oxygen atoms in total. The van der Waals surface area contributed by atoms with Crippen LogP contribution in [0.1, 0.15) is 41.1 Å². The van der Waals surface area contributed by atoms with Crippen LogP contribution >= 0.6 is 12.4 Å². The van der Waals surface area contributed by atoms with E-state index in [0.29, 0.717) is 0 Å². The van der Waals surface area contributed by atoms with Gasteiger partial charge in [-0.25, -0.2) is 0 Å². The van der Waals surface area contributed by atoms with Crippen molar-refractivity contribution in [1.82, 2.24) is 0 Å². The summed E-state index contributed by atoms with van der Waals surface area (Å²) in [6.07, 6.45) is 3.61. The summed E-state index contributed by atoms with van der Waals surface area (Å²) < 4.78 is 0. The Morgan fingerprint density at radius 1 is 1.21 bits per heavy atom. The lowest BCUT2D eigenvalue weighted by Gasteiger charge is -2.23. The molecule has 14 heavy (non-hydrogen) atoms. The van der Waals surface area contributed by atoms with Crippen molar-refractivity contribution in [1.29, 1.82) is 0 Å². The molecule has 2 heteroatoms. The van der Waals surface area contributed by atoms with Gasteiger partial charge in [-0.3, -0.25) is 0 Å². The third kappa shape index (κ3) is 1.94. The smallest absolute Gasteiger partial charge is 0.0297 e. The number of aryl methyl sites for hydroxylation is 3. The van der Waals surface area contributed by atoms with Crippen LogP contribution in [0.25, 0.3) is 0 Å². The highest BCUT2D eigenvalue weighted by Gasteiger charge is 2.16. The SMILES string of the molecule is Cc1cc2c(cc1C)[C@@H](N)CCC2.Cl. The van der Waals surface area contributed by atoms with E-state index in [9.17, 15) is 0 Å². The molecule has 0 unspecified atom stereocenters. The van der Waals surface area contributed by atoms with Gasteiger partial charge in [0.2, 0.25) is 0 Å². The zero-order chi connectivity index (χ0) is 9.42. The van der Waals surface area contributed by atoms with E-state index in [-0.39, 0.29) is 18.4 Å². The Kier molecular flexibility index (Phi) is 3.57. The first-order valence-electron chi connectivity index (χ1n) is 5.04. The quantitative estimate of drug-likeness (QED) is 0.702. The first-order valence-corrected chi connectivity index (χ1v) is 5.04. The molecular formula is C12H18ClN. The van der Waals surface area contributed by atoms with Gasteiger partial charge in [0.25, 0.3) is 0 Å². The number of fused-ring (bicyclic) bond motifs is 1. The number of halogens is 1. The number of hydrogen-bond acceptors (Lipinski definition) is 1. The van der Waals surface area contributed by atoms with Crippen LogP contribution in [-0.4, -0.2) is 0 Å². The van der Waals surface area contributed by atoms with Crippen LogP contribution in [0.2, 0.25) is 0 Å². The molecule has 0 aliphatic heterocycles. The summed E-state index contributed by atoms with van der Waals surface area (Å²) in [7, 11) is 0. The Morgan fingerprint density at radius 3 is 2.57 bits per heavy atom. The summed E-state index contributed by atoms with van der Waals surface area (Å²) in [5, 5.41) is 0. The van der Waals surface area contributed by atoms with Gasteiger partial charge in [-0.15, -0.1) is 12.4 Å². The minimum absolute atomic E-state index is 0. The van der Waals surface area contributed by atoms with Gasteiger partial charge in [0.1, 0.15) is 0 Å². The van der Waals surface area contributed by atoms with Gasteiger partial charge < -0.3 is 5.73 Å². The zero-order valence-electron chi connectivity index (χ0n) is 8.84. The van der Waals surface area contributed by atoms with Crippen LogP contribution < -0.4 is 5.73 Å². The topological polar surface area (TPSA) is 26.0 Å². The Bertz CT molecular complexity index is 333. The molecule has 0 fully saturated rings. The van der Waals surface area contributed by atoms with Crippen molar-refractivity contribution in [3.8, 4) is 0 Å². The van der Waals surface area contributed by atoms with Crippen molar-refractivity contribution in [3.05, 3.63) is 34.4 Å². The molecule has 1 aliphatic carbocycles. The highest BCUT2D eigenvalue weighted by molar-refractivity contribution is 5.85. The van der Waals surface area contributed by atoms with Crippen molar-refractivity contribution in [2.75, 3.05) is 0 Å². The van der Waals surface area contributed by atoms with Crippen molar-refractivity contribution < 1.29 is 0 Å². The first kappa shape index (κ1) is 11.5. The molecule has 78 valence electrons. The molecule has 0 spiro atoms. The van der Waals surface area contributed by atoms with E-state index in [1.165, 1.54) is 35.1 Å². The lowest BCUT2D eigenvalue weighted by molar-refractivity contribution is 0.569. The molecule has 1 aromatic carbocycles. The predicted molar refractivity (Wildman–Crippen MR) is 63.0 cm³/mol. The summed E-state index contributed by atoms with van der Waals surface area (Å²) in [6, 6.07) is 4.86. The number of hydrogen-bond donors (Lipinski definition) is 1. The highest BCUT2D eigenvalue weighted by Crippen LogP contribution is 2.29. The Balaban J connectivity index is 0.000000980. The fourth-order valence-corrected chi connectivity index (χ4v) is 2.13. The van der Waals surface area contributed by atoms with Crippen LogP contribution in [0.3, 0.4) is 0 Å². The fraction of sp³-hybridized carbons (Fsp3) is 0.500. The molecule has 2 N–H and O–H groups in total. The van der Waals surface area contributed by atoms with Crippen molar-refractivity contribution in [2.45, 2.75) is 39.2 Å². The second-order valence-corrected chi connectivity index (χ2v) is 4.13. The number of nitrogens with two attached hydrogens (primary N) is 1. The van der Waals surface area contributed by atoms with Crippen LogP contribution in [-0.2, 0) is 6.42 Å². The molecule has 0 aromatic heterocycles. The summed E-state index contributed by atoms with van der Waals surface area (Å²) in [6.45, 7) is 4.34. The standard InChI is InChI=1S/C12H17N.ClH/c1-8-6-10-4-3-5-12(13)11(10)7-9(8)2;/h6-7,12H,3-5,13H2,1-2H3;1H/t12-;/m0./s1. The lowest BCUT2D eigenvalue weighted by Crippen LogP contribution is -2.17. The predicted octanol–water partition coefficient (Wildman–Crippen LogP) is 3.06. The molecule has 1 aromatic rings. The summed E-state index contributed by atoms with van der Waals surface area (Å²) in [4.78, 5) is 0. The first-order chi connectivity index (χ1) is 6.18. The highest BCUT2D eigenvalue weighted by atomic mass is 35.5. The molecule has 0 bridgehead atoms. The molecule has 0 saturated carbocycles. The molecule has 1 aliphatic rings. The van der Waals surface area contributed by atoms with Gasteiger partial charge in [-0.1, -0.05) is 12.1 Å². The van der Waals surface area contributed by atoms with Gasteiger partial charge in [0, 0.05) is 6.04 Å². The largest absolute Gasteiger partial charge is 0.324 e. The monoisotopic (exact) mass is 211 g/mol. The van der Waals surface area contributed by atoms with Crippen molar-refractivity contribution >= 4 is 12.4 Å². The molecule has 1 atom stereocenters. The Labute approximate surface area is 92.1 Å². The molecule has 0 saturated heterocycles. The van der Waals surface area contributed by atoms with E-state index in [1.54, 1.807) is 0 Å². The summed E-state index contributed by atoms with van der Waals surface area (Å²) >= 11 is 0. The lowest BCUT2D eigenvalue weighted by atomic mass is 9.86. The van der Waals surface area contributed by atoms with Crippen LogP contribution in [0, 0.1) is 13.8 Å². The molecular weight excluding hydrogens is 194 g/mol. The summed E-state index contributed by atoms with van der Waals surface area (Å²) in [5.41, 5.74) is 11.7. The Morgan fingerprint density at radius 2 is 1.86 bits per heavy atom. The van der Waals surface area contributed by atoms with Gasteiger partial charge in [0.15, 0.2) is 0 Å². The van der Waals surface area contributed by atoms with Crippen molar-refractivity contribution in [3.63, 3.8) is 0 Å². The summed E-state index contributed by atoms with van der Waals surface area (Å²) in [5.74, 6) is 0. The van der Waals surface area contributed by atoms with Gasteiger partial charge in [-0.05, 0) is 55.4 Å². The zero-order valence-corrected chi connectivity index (χ0v) is 9.66. The van der Waals surface area contributed by atoms with E-state index in [4.69, 9.17) is 5.73 Å². The maximum Gasteiger partial charge on any atom is 0.0297 e.